The minimum absolute atomic E-state index is 0.0105. The number of nitrogens with zero attached hydrogens (tertiary/aromatic N) is 3. The van der Waals surface area contributed by atoms with Gasteiger partial charge in [-0.25, -0.2) is 4.98 Å². The van der Waals surface area contributed by atoms with Gasteiger partial charge in [-0.15, -0.1) is 11.3 Å². The molecule has 0 aliphatic carbocycles. The first-order valence-corrected chi connectivity index (χ1v) is 8.65. The number of amides is 2. The van der Waals surface area contributed by atoms with E-state index in [1.54, 1.807) is 0 Å². The third kappa shape index (κ3) is 5.87. The maximum absolute atomic E-state index is 12.6. The minimum atomic E-state index is -4.37. The Bertz CT molecular complexity index is 743. The molecule has 2 rings (SSSR count). The molecule has 0 saturated heterocycles. The molecule has 0 spiro atoms. The SMILES string of the molecule is CC(=O)NC(CC(=O)N(C)Cc1nccn1CC(F)(F)F)c1cccs1. The summed E-state index contributed by atoms with van der Waals surface area (Å²) in [7, 11) is 1.49. The highest BCUT2D eigenvalue weighted by molar-refractivity contribution is 7.10. The first-order chi connectivity index (χ1) is 12.2. The third-order valence-corrected chi connectivity index (χ3v) is 4.58. The number of carbonyl (C=O) groups is 2. The first kappa shape index (κ1) is 20.0. The first-order valence-electron chi connectivity index (χ1n) is 7.77. The van der Waals surface area contributed by atoms with Crippen LogP contribution < -0.4 is 5.32 Å². The molecule has 2 aromatic heterocycles. The Kier molecular flexibility index (Phi) is 6.41. The van der Waals surface area contributed by atoms with Gasteiger partial charge < -0.3 is 14.8 Å². The zero-order valence-electron chi connectivity index (χ0n) is 14.3. The van der Waals surface area contributed by atoms with E-state index in [-0.39, 0.29) is 30.6 Å². The van der Waals surface area contributed by atoms with Gasteiger partial charge in [0, 0.05) is 31.2 Å². The van der Waals surface area contributed by atoms with E-state index in [2.05, 4.69) is 10.3 Å². The van der Waals surface area contributed by atoms with E-state index in [1.807, 2.05) is 17.5 Å². The van der Waals surface area contributed by atoms with Crippen molar-refractivity contribution in [1.29, 1.82) is 0 Å². The molecular formula is C16H19F3N4O2S. The maximum Gasteiger partial charge on any atom is 0.406 e. The van der Waals surface area contributed by atoms with Crippen molar-refractivity contribution in [2.24, 2.45) is 0 Å². The zero-order chi connectivity index (χ0) is 19.3. The predicted molar refractivity (Wildman–Crippen MR) is 90.2 cm³/mol. The quantitative estimate of drug-likeness (QED) is 0.793. The lowest BCUT2D eigenvalue weighted by Gasteiger charge is -2.22. The molecule has 2 heterocycles. The van der Waals surface area contributed by atoms with Gasteiger partial charge in [0.25, 0.3) is 0 Å². The van der Waals surface area contributed by atoms with Crippen LogP contribution in [0.3, 0.4) is 0 Å². The fourth-order valence-electron chi connectivity index (χ4n) is 2.42. The van der Waals surface area contributed by atoms with Crippen molar-refractivity contribution in [1.82, 2.24) is 19.8 Å². The lowest BCUT2D eigenvalue weighted by Crippen LogP contribution is -2.34. The molecule has 0 fully saturated rings. The highest BCUT2D eigenvalue weighted by Gasteiger charge is 2.29. The van der Waals surface area contributed by atoms with E-state index in [4.69, 9.17) is 0 Å². The van der Waals surface area contributed by atoms with Crippen LogP contribution in [0.15, 0.2) is 29.9 Å². The van der Waals surface area contributed by atoms with Gasteiger partial charge >= 0.3 is 6.18 Å². The van der Waals surface area contributed by atoms with Crippen LogP contribution in [0.25, 0.3) is 0 Å². The summed E-state index contributed by atoms with van der Waals surface area (Å²) in [5.74, 6) is -0.427. The minimum Gasteiger partial charge on any atom is -0.348 e. The number of aromatic nitrogens is 2. The topological polar surface area (TPSA) is 67.2 Å². The van der Waals surface area contributed by atoms with Gasteiger partial charge in [-0.3, -0.25) is 9.59 Å². The van der Waals surface area contributed by atoms with Gasteiger partial charge in [-0.1, -0.05) is 6.07 Å². The number of halogens is 3. The van der Waals surface area contributed by atoms with Crippen LogP contribution in [0.4, 0.5) is 13.2 Å². The van der Waals surface area contributed by atoms with Crippen LogP contribution in [-0.4, -0.2) is 39.5 Å². The van der Waals surface area contributed by atoms with Crippen molar-refractivity contribution >= 4 is 23.2 Å². The lowest BCUT2D eigenvalue weighted by atomic mass is 10.1. The van der Waals surface area contributed by atoms with E-state index in [0.29, 0.717) is 0 Å². The predicted octanol–water partition coefficient (Wildman–Crippen LogP) is 2.73. The fourth-order valence-corrected chi connectivity index (χ4v) is 3.20. The molecule has 10 heteroatoms. The monoisotopic (exact) mass is 388 g/mol. The normalized spacial score (nSPS) is 12.7. The molecule has 1 atom stereocenters. The molecule has 6 nitrogen and oxygen atoms in total. The second kappa shape index (κ2) is 8.35. The third-order valence-electron chi connectivity index (χ3n) is 3.60. The van der Waals surface area contributed by atoms with Crippen LogP contribution in [0.1, 0.15) is 30.1 Å². The molecule has 26 heavy (non-hydrogen) atoms. The fraction of sp³-hybridized carbons (Fsp3) is 0.438. The van der Waals surface area contributed by atoms with Crippen LogP contribution >= 0.6 is 11.3 Å². The van der Waals surface area contributed by atoms with E-state index in [0.717, 1.165) is 9.44 Å². The molecule has 0 aliphatic heterocycles. The Hall–Kier alpha value is -2.36. The number of rotatable bonds is 7. The summed E-state index contributed by atoms with van der Waals surface area (Å²) in [5.41, 5.74) is 0. The molecule has 142 valence electrons. The number of alkyl halides is 3. The van der Waals surface area contributed by atoms with E-state index >= 15 is 0 Å². The van der Waals surface area contributed by atoms with Crippen molar-refractivity contribution in [3.05, 3.63) is 40.6 Å². The standard InChI is InChI=1S/C16H19F3N4O2S/c1-11(24)21-12(13-4-3-7-26-13)8-15(25)22(2)9-14-20-5-6-23(14)10-16(17,18)19/h3-7,12H,8-10H2,1-2H3,(H,21,24). The van der Waals surface area contributed by atoms with Crippen molar-refractivity contribution in [3.63, 3.8) is 0 Å². The number of nitrogens with one attached hydrogen (secondary N) is 1. The number of hydrogen-bond acceptors (Lipinski definition) is 4. The summed E-state index contributed by atoms with van der Waals surface area (Å²) in [6.45, 7) is 0.149. The van der Waals surface area contributed by atoms with Crippen LogP contribution in [0.2, 0.25) is 0 Å². The van der Waals surface area contributed by atoms with Gasteiger partial charge in [0.1, 0.15) is 12.4 Å². The highest BCUT2D eigenvalue weighted by atomic mass is 32.1. The van der Waals surface area contributed by atoms with Gasteiger partial charge in [-0.05, 0) is 11.4 Å². The van der Waals surface area contributed by atoms with E-state index in [1.165, 1.54) is 42.6 Å². The zero-order valence-corrected chi connectivity index (χ0v) is 15.1. The van der Waals surface area contributed by atoms with Crippen molar-refractivity contribution in [3.8, 4) is 0 Å². The Morgan fingerprint density at radius 3 is 2.73 bits per heavy atom. The average molecular weight is 388 g/mol. The summed E-state index contributed by atoms with van der Waals surface area (Å²) in [5, 5.41) is 4.56. The van der Waals surface area contributed by atoms with Crippen molar-refractivity contribution in [2.75, 3.05) is 7.05 Å². The number of hydrogen-bond donors (Lipinski definition) is 1. The van der Waals surface area contributed by atoms with Gasteiger partial charge in [0.15, 0.2) is 0 Å². The largest absolute Gasteiger partial charge is 0.406 e. The number of thiophene rings is 1. The van der Waals surface area contributed by atoms with Crippen LogP contribution in [-0.2, 0) is 22.7 Å². The molecular weight excluding hydrogens is 369 g/mol. The Labute approximate surface area is 152 Å². The smallest absolute Gasteiger partial charge is 0.348 e. The Morgan fingerprint density at radius 1 is 1.42 bits per heavy atom. The molecule has 2 amide bonds. The van der Waals surface area contributed by atoms with Gasteiger partial charge in [0.05, 0.1) is 19.0 Å². The lowest BCUT2D eigenvalue weighted by molar-refractivity contribution is -0.141. The van der Waals surface area contributed by atoms with Gasteiger partial charge in [0.2, 0.25) is 11.8 Å². The summed E-state index contributed by atoms with van der Waals surface area (Å²) in [6, 6.07) is 3.16. The van der Waals surface area contributed by atoms with Crippen molar-refractivity contribution in [2.45, 2.75) is 38.7 Å². The molecule has 0 bridgehead atoms. The molecule has 0 aliphatic rings. The van der Waals surface area contributed by atoms with E-state index in [9.17, 15) is 22.8 Å². The van der Waals surface area contributed by atoms with Crippen molar-refractivity contribution < 1.29 is 22.8 Å². The number of imidazole rings is 1. The number of carbonyl (C=O) groups excluding carboxylic acids is 2. The summed E-state index contributed by atoms with van der Waals surface area (Å²) in [4.78, 5) is 29.9. The average Bonchev–Trinajstić information content (AvgIpc) is 3.17. The molecule has 0 radical (unpaired) electrons. The second-order valence-corrected chi connectivity index (χ2v) is 6.79. The molecule has 0 saturated carbocycles. The molecule has 1 unspecified atom stereocenters. The molecule has 0 aromatic carbocycles. The Balaban J connectivity index is 2.03. The molecule has 2 aromatic rings. The van der Waals surface area contributed by atoms with E-state index < -0.39 is 18.8 Å². The van der Waals surface area contributed by atoms with Crippen LogP contribution in [0.5, 0.6) is 0 Å². The summed E-state index contributed by atoms with van der Waals surface area (Å²) >= 11 is 1.41. The second-order valence-electron chi connectivity index (χ2n) is 5.81. The Morgan fingerprint density at radius 2 is 2.15 bits per heavy atom. The highest BCUT2D eigenvalue weighted by Crippen LogP contribution is 2.23. The maximum atomic E-state index is 12.6. The summed E-state index contributed by atoms with van der Waals surface area (Å²) < 4.78 is 38.7. The van der Waals surface area contributed by atoms with Gasteiger partial charge in [-0.2, -0.15) is 13.2 Å². The van der Waals surface area contributed by atoms with Crippen LogP contribution in [0, 0.1) is 0 Å². The summed E-state index contributed by atoms with van der Waals surface area (Å²) in [6.07, 6.45) is -1.86. The molecule has 1 N–H and O–H groups in total.